The zero-order valence-corrected chi connectivity index (χ0v) is 19.8. The summed E-state index contributed by atoms with van der Waals surface area (Å²) in [6.07, 6.45) is 3.63. The molecule has 0 saturated carbocycles. The minimum atomic E-state index is -0.854. The molecule has 0 fully saturated rings. The van der Waals surface area contributed by atoms with E-state index in [1.807, 2.05) is 48.4 Å². The number of carbonyl (C=O) groups excluding carboxylic acids is 1. The summed E-state index contributed by atoms with van der Waals surface area (Å²) in [5.41, 5.74) is 2.09. The summed E-state index contributed by atoms with van der Waals surface area (Å²) in [5.74, 6) is -0.328. The Labute approximate surface area is 205 Å². The molecule has 2 aromatic carbocycles. The number of nitrogens with zero attached hydrogens (tertiary/aromatic N) is 4. The van der Waals surface area contributed by atoms with Crippen molar-refractivity contribution in [1.82, 2.24) is 0 Å². The number of rotatable bonds is 7. The fourth-order valence-corrected chi connectivity index (χ4v) is 3.56. The third-order valence-electron chi connectivity index (χ3n) is 5.51. The molecule has 7 nitrogen and oxygen atoms in total. The van der Waals surface area contributed by atoms with E-state index in [2.05, 4.69) is 6.07 Å². The average molecular weight is 465 g/mol. The number of anilines is 1. The van der Waals surface area contributed by atoms with Gasteiger partial charge in [0.1, 0.15) is 36.0 Å². The summed E-state index contributed by atoms with van der Waals surface area (Å²) in [6, 6.07) is 22.3. The number of hydrogen-bond donors (Lipinski definition) is 0. The molecule has 1 aliphatic heterocycles. The molecule has 0 atom stereocenters. The molecule has 0 aromatic heterocycles. The molecule has 35 heavy (non-hydrogen) atoms. The molecule has 1 aliphatic rings. The normalized spacial score (nSPS) is 14.0. The molecule has 0 radical (unpaired) electrons. The Bertz CT molecular complexity index is 1300. The van der Waals surface area contributed by atoms with Crippen LogP contribution in [-0.2, 0) is 9.47 Å². The van der Waals surface area contributed by atoms with E-state index in [1.54, 1.807) is 56.3 Å². The number of carbonyl (C=O) groups is 1. The molecule has 0 saturated heterocycles. The molecule has 0 N–H and O–H groups in total. The van der Waals surface area contributed by atoms with E-state index in [0.29, 0.717) is 17.7 Å². The predicted octanol–water partition coefficient (Wildman–Crippen LogP) is 4.92. The van der Waals surface area contributed by atoms with Crippen molar-refractivity contribution in [1.29, 1.82) is 15.8 Å². The predicted molar refractivity (Wildman–Crippen MR) is 132 cm³/mol. The lowest BCUT2D eigenvalue weighted by molar-refractivity contribution is 0.0516. The van der Waals surface area contributed by atoms with E-state index in [4.69, 9.17) is 9.47 Å². The van der Waals surface area contributed by atoms with Crippen LogP contribution >= 0.6 is 0 Å². The molecular formula is C28H24N4O3. The van der Waals surface area contributed by atoms with Crippen LogP contribution in [-0.4, -0.2) is 31.8 Å². The first-order valence-electron chi connectivity index (χ1n) is 10.9. The Morgan fingerprint density at radius 2 is 1.69 bits per heavy atom. The molecule has 174 valence electrons. The van der Waals surface area contributed by atoms with Gasteiger partial charge in [-0.15, -0.1) is 0 Å². The van der Waals surface area contributed by atoms with Gasteiger partial charge in [-0.1, -0.05) is 42.5 Å². The highest BCUT2D eigenvalue weighted by Gasteiger charge is 2.38. The van der Waals surface area contributed by atoms with E-state index in [-0.39, 0.29) is 29.5 Å². The monoisotopic (exact) mass is 464 g/mol. The van der Waals surface area contributed by atoms with Crippen molar-refractivity contribution in [2.45, 2.75) is 19.4 Å². The van der Waals surface area contributed by atoms with Gasteiger partial charge >= 0.3 is 5.97 Å². The maximum Gasteiger partial charge on any atom is 0.338 e. The summed E-state index contributed by atoms with van der Waals surface area (Å²) in [4.78, 5) is 14.0. The minimum Gasteiger partial charge on any atom is -0.480 e. The molecule has 1 heterocycles. The van der Waals surface area contributed by atoms with Crippen LogP contribution in [0.25, 0.3) is 6.08 Å². The molecular weight excluding hydrogens is 440 g/mol. The van der Waals surface area contributed by atoms with Crippen molar-refractivity contribution < 1.29 is 14.3 Å². The summed E-state index contributed by atoms with van der Waals surface area (Å²) >= 11 is 0. The van der Waals surface area contributed by atoms with E-state index in [1.165, 1.54) is 0 Å². The summed E-state index contributed by atoms with van der Waals surface area (Å²) in [7, 11) is 1.92. The molecule has 3 rings (SSSR count). The third kappa shape index (κ3) is 5.77. The van der Waals surface area contributed by atoms with Gasteiger partial charge in [-0.2, -0.15) is 15.8 Å². The Hall–Kier alpha value is -4.80. The standard InChI is InChI=1S/C28H24N4O3/c1-28(2)25(24(19-31)26(35-28)22(17-29)18-30)14-11-20-9-12-23(13-10-20)32(3)15-16-34-27(33)21-7-5-4-6-8-21/h4-14H,15-16H2,1-3H3. The summed E-state index contributed by atoms with van der Waals surface area (Å²) < 4.78 is 11.1. The second-order valence-corrected chi connectivity index (χ2v) is 8.29. The molecule has 0 aliphatic carbocycles. The molecule has 0 spiro atoms. The first-order valence-corrected chi connectivity index (χ1v) is 10.9. The van der Waals surface area contributed by atoms with Crippen molar-refractivity contribution >= 4 is 17.7 Å². The highest BCUT2D eigenvalue weighted by atomic mass is 16.5. The highest BCUT2D eigenvalue weighted by Crippen LogP contribution is 2.40. The van der Waals surface area contributed by atoms with E-state index in [0.717, 1.165) is 11.3 Å². The van der Waals surface area contributed by atoms with Gasteiger partial charge in [-0.25, -0.2) is 4.79 Å². The van der Waals surface area contributed by atoms with Crippen LogP contribution in [0.2, 0.25) is 0 Å². The number of benzene rings is 2. The molecule has 0 bridgehead atoms. The van der Waals surface area contributed by atoms with Crippen LogP contribution in [0.3, 0.4) is 0 Å². The van der Waals surface area contributed by atoms with E-state index >= 15 is 0 Å². The Balaban J connectivity index is 1.67. The maximum absolute atomic E-state index is 12.1. The van der Waals surface area contributed by atoms with Crippen molar-refractivity contribution in [3.05, 3.63) is 94.3 Å². The summed E-state index contributed by atoms with van der Waals surface area (Å²) in [6.45, 7) is 4.36. The molecule has 2 aromatic rings. The lowest BCUT2D eigenvalue weighted by Crippen LogP contribution is -2.23. The Kier molecular flexibility index (Phi) is 7.72. The molecule has 7 heteroatoms. The Morgan fingerprint density at radius 3 is 2.29 bits per heavy atom. The fourth-order valence-electron chi connectivity index (χ4n) is 3.56. The van der Waals surface area contributed by atoms with Crippen LogP contribution in [0.4, 0.5) is 5.69 Å². The molecule has 0 amide bonds. The van der Waals surface area contributed by atoms with Crippen LogP contribution in [0.5, 0.6) is 0 Å². The van der Waals surface area contributed by atoms with Crippen LogP contribution in [0.15, 0.2) is 83.2 Å². The quantitative estimate of drug-likeness (QED) is 0.422. The number of nitriles is 3. The fraction of sp³-hybridized carbons (Fsp3) is 0.214. The highest BCUT2D eigenvalue weighted by molar-refractivity contribution is 5.89. The largest absolute Gasteiger partial charge is 0.480 e. The zero-order valence-electron chi connectivity index (χ0n) is 19.8. The lowest BCUT2D eigenvalue weighted by Gasteiger charge is -2.20. The minimum absolute atomic E-state index is 0.0205. The topological polar surface area (TPSA) is 110 Å². The number of esters is 1. The Morgan fingerprint density at radius 1 is 1.03 bits per heavy atom. The lowest BCUT2D eigenvalue weighted by atomic mass is 9.94. The second-order valence-electron chi connectivity index (χ2n) is 8.29. The van der Waals surface area contributed by atoms with Gasteiger partial charge in [-0.3, -0.25) is 0 Å². The van der Waals surface area contributed by atoms with E-state index < -0.39 is 5.60 Å². The first kappa shape index (κ1) is 24.8. The van der Waals surface area contributed by atoms with Crippen LogP contribution in [0, 0.1) is 34.0 Å². The molecule has 0 unspecified atom stereocenters. The van der Waals surface area contributed by atoms with Crippen LogP contribution in [0.1, 0.15) is 29.8 Å². The zero-order chi connectivity index (χ0) is 25.4. The summed E-state index contributed by atoms with van der Waals surface area (Å²) in [5, 5.41) is 28.0. The second kappa shape index (κ2) is 10.9. The van der Waals surface area contributed by atoms with Crippen LogP contribution < -0.4 is 4.90 Å². The van der Waals surface area contributed by atoms with Gasteiger partial charge in [0.05, 0.1) is 12.1 Å². The van der Waals surface area contributed by atoms with E-state index in [9.17, 15) is 20.6 Å². The number of hydrogen-bond acceptors (Lipinski definition) is 7. The van der Waals surface area contributed by atoms with Crippen molar-refractivity contribution in [2.24, 2.45) is 0 Å². The smallest absolute Gasteiger partial charge is 0.338 e. The van der Waals surface area contributed by atoms with Gasteiger partial charge in [0, 0.05) is 18.3 Å². The first-order chi connectivity index (χ1) is 16.8. The number of allylic oxidation sites excluding steroid dienone is 2. The van der Waals surface area contributed by atoms with Gasteiger partial charge in [0.25, 0.3) is 0 Å². The SMILES string of the molecule is CN(CCOC(=O)c1ccccc1)c1ccc(C=CC2=C(C#N)C(=C(C#N)C#N)OC2(C)C)cc1. The number of likely N-dealkylation sites (N-methyl/N-ethyl adjacent to an activating group) is 1. The average Bonchev–Trinajstić information content (AvgIpc) is 3.13. The van der Waals surface area contributed by atoms with Gasteiger partial charge in [0.2, 0.25) is 0 Å². The van der Waals surface area contributed by atoms with Crippen molar-refractivity contribution in [3.8, 4) is 18.2 Å². The van der Waals surface area contributed by atoms with Gasteiger partial charge in [0.15, 0.2) is 11.3 Å². The third-order valence-corrected chi connectivity index (χ3v) is 5.51. The van der Waals surface area contributed by atoms with Gasteiger partial charge < -0.3 is 14.4 Å². The van der Waals surface area contributed by atoms with Crippen molar-refractivity contribution in [3.63, 3.8) is 0 Å². The van der Waals surface area contributed by atoms with Crippen molar-refractivity contribution in [2.75, 3.05) is 25.1 Å². The maximum atomic E-state index is 12.1. The number of ether oxygens (including phenoxy) is 2. The van der Waals surface area contributed by atoms with Gasteiger partial charge in [-0.05, 0) is 43.7 Å².